The summed E-state index contributed by atoms with van der Waals surface area (Å²) >= 11 is 25.5. The minimum atomic E-state index is -3.67. The summed E-state index contributed by atoms with van der Waals surface area (Å²) in [5.41, 5.74) is 1.68. The first-order chi connectivity index (χ1) is 14.2. The number of hydrogen-bond donors (Lipinski definition) is 0. The van der Waals surface area contributed by atoms with Gasteiger partial charge in [-0.05, 0) is 30.3 Å². The van der Waals surface area contributed by atoms with Crippen molar-refractivity contribution in [3.63, 3.8) is 0 Å². The summed E-state index contributed by atoms with van der Waals surface area (Å²) in [6.45, 7) is 1.74. The van der Waals surface area contributed by atoms with Crippen LogP contribution in [-0.4, -0.2) is 43.9 Å². The molecule has 0 aliphatic carbocycles. The molecular formula is C19H15Cl4N3O2S2. The van der Waals surface area contributed by atoms with Crippen LogP contribution in [0.3, 0.4) is 0 Å². The summed E-state index contributed by atoms with van der Waals surface area (Å²) in [6, 6.07) is 9.73. The fourth-order valence-corrected chi connectivity index (χ4v) is 6.48. The summed E-state index contributed by atoms with van der Waals surface area (Å²) < 4.78 is 27.3. The monoisotopic (exact) mass is 521 g/mol. The average Bonchev–Trinajstić information content (AvgIpc) is 3.20. The second-order valence-corrected chi connectivity index (χ2v) is 11.1. The van der Waals surface area contributed by atoms with Gasteiger partial charge in [-0.3, -0.25) is 0 Å². The Morgan fingerprint density at radius 1 is 0.867 bits per heavy atom. The lowest BCUT2D eigenvalue weighted by Gasteiger charge is -2.33. The van der Waals surface area contributed by atoms with Gasteiger partial charge in [-0.1, -0.05) is 52.5 Å². The smallest absolute Gasteiger partial charge is 0.243 e. The molecule has 1 aromatic heterocycles. The average molecular weight is 523 g/mol. The molecule has 0 N–H and O–H groups in total. The highest BCUT2D eigenvalue weighted by atomic mass is 35.5. The Labute approximate surface area is 198 Å². The van der Waals surface area contributed by atoms with Crippen LogP contribution in [0.25, 0.3) is 11.3 Å². The Kier molecular flexibility index (Phi) is 6.51. The maximum atomic E-state index is 12.9. The minimum Gasteiger partial charge on any atom is -0.345 e. The van der Waals surface area contributed by atoms with Gasteiger partial charge in [-0.15, -0.1) is 11.3 Å². The van der Waals surface area contributed by atoms with E-state index in [0.29, 0.717) is 36.2 Å². The summed E-state index contributed by atoms with van der Waals surface area (Å²) in [4.78, 5) is 6.86. The number of benzene rings is 2. The number of halogens is 4. The third-order valence-corrected chi connectivity index (χ3v) is 8.64. The van der Waals surface area contributed by atoms with E-state index in [1.807, 2.05) is 11.4 Å². The molecule has 1 aliphatic rings. The molecule has 0 saturated carbocycles. The predicted molar refractivity (Wildman–Crippen MR) is 125 cm³/mol. The number of nitrogens with zero attached hydrogens (tertiary/aromatic N) is 3. The van der Waals surface area contributed by atoms with Crippen molar-refractivity contribution in [2.24, 2.45) is 0 Å². The molecule has 2 aromatic carbocycles. The highest BCUT2D eigenvalue weighted by Crippen LogP contribution is 2.32. The molecule has 5 nitrogen and oxygen atoms in total. The fraction of sp³-hybridized carbons (Fsp3) is 0.211. The van der Waals surface area contributed by atoms with E-state index in [9.17, 15) is 8.42 Å². The van der Waals surface area contributed by atoms with E-state index in [-0.39, 0.29) is 14.9 Å². The lowest BCUT2D eigenvalue weighted by atomic mass is 10.2. The Bertz CT molecular complexity index is 1170. The van der Waals surface area contributed by atoms with Crippen LogP contribution in [0.15, 0.2) is 46.7 Å². The van der Waals surface area contributed by atoms with Crippen LogP contribution < -0.4 is 4.90 Å². The van der Waals surface area contributed by atoms with Crippen LogP contribution in [0.4, 0.5) is 5.13 Å². The van der Waals surface area contributed by atoms with Crippen LogP contribution in [0.2, 0.25) is 20.1 Å². The standard InChI is InChI=1S/C19H15Cl4N3O2S2/c20-13-8-14(21)10-15(9-13)30(27,28)26-5-3-25(4-6-26)19-24-18(11-29-19)12-1-2-16(22)17(23)7-12/h1-2,7-11H,3-6H2. The quantitative estimate of drug-likeness (QED) is 0.425. The topological polar surface area (TPSA) is 53.5 Å². The Hall–Kier alpha value is -1.06. The second kappa shape index (κ2) is 8.82. The van der Waals surface area contributed by atoms with Gasteiger partial charge < -0.3 is 4.90 Å². The molecule has 0 bridgehead atoms. The number of aromatic nitrogens is 1. The third-order valence-electron chi connectivity index (χ3n) is 4.69. The molecule has 1 aliphatic heterocycles. The third kappa shape index (κ3) is 4.58. The number of rotatable bonds is 4. The van der Waals surface area contributed by atoms with Crippen LogP contribution >= 0.6 is 57.7 Å². The van der Waals surface area contributed by atoms with E-state index in [2.05, 4.69) is 9.88 Å². The summed E-state index contributed by atoms with van der Waals surface area (Å²) in [6.07, 6.45) is 0. The SMILES string of the molecule is O=S(=O)(c1cc(Cl)cc(Cl)c1)N1CCN(c2nc(-c3ccc(Cl)c(Cl)c3)cs2)CC1. The fourth-order valence-electron chi connectivity index (χ4n) is 3.14. The Balaban J connectivity index is 1.47. The zero-order chi connectivity index (χ0) is 21.5. The number of thiazole rings is 1. The summed E-state index contributed by atoms with van der Waals surface area (Å²) in [5, 5.41) is 4.33. The van der Waals surface area contributed by atoms with Gasteiger partial charge >= 0.3 is 0 Å². The van der Waals surface area contributed by atoms with E-state index < -0.39 is 10.0 Å². The number of anilines is 1. The normalized spacial score (nSPS) is 15.5. The van der Waals surface area contributed by atoms with Gasteiger partial charge in [0.15, 0.2) is 5.13 Å². The first-order valence-electron chi connectivity index (χ1n) is 8.86. The van der Waals surface area contributed by atoms with Gasteiger partial charge in [0.25, 0.3) is 0 Å². The second-order valence-electron chi connectivity index (χ2n) is 6.64. The first kappa shape index (κ1) is 22.1. The van der Waals surface area contributed by atoms with Gasteiger partial charge in [0.1, 0.15) is 0 Å². The van der Waals surface area contributed by atoms with Gasteiger partial charge in [-0.2, -0.15) is 4.31 Å². The zero-order valence-electron chi connectivity index (χ0n) is 15.4. The van der Waals surface area contributed by atoms with Crippen LogP contribution in [0.1, 0.15) is 0 Å². The van der Waals surface area contributed by atoms with Crippen molar-refractivity contribution in [1.82, 2.24) is 9.29 Å². The van der Waals surface area contributed by atoms with Crippen molar-refractivity contribution in [3.8, 4) is 11.3 Å². The molecular weight excluding hydrogens is 508 g/mol. The van der Waals surface area contributed by atoms with E-state index >= 15 is 0 Å². The van der Waals surface area contributed by atoms with Gasteiger partial charge in [0.2, 0.25) is 10.0 Å². The number of sulfonamides is 1. The molecule has 11 heteroatoms. The Morgan fingerprint density at radius 3 is 2.17 bits per heavy atom. The van der Waals surface area contributed by atoms with Gasteiger partial charge in [-0.25, -0.2) is 13.4 Å². The molecule has 0 spiro atoms. The lowest BCUT2D eigenvalue weighted by Crippen LogP contribution is -2.48. The molecule has 158 valence electrons. The highest BCUT2D eigenvalue weighted by Gasteiger charge is 2.30. The van der Waals surface area contributed by atoms with Crippen molar-refractivity contribution in [1.29, 1.82) is 0 Å². The Morgan fingerprint density at radius 2 is 1.53 bits per heavy atom. The first-order valence-corrected chi connectivity index (χ1v) is 12.7. The van der Waals surface area contributed by atoms with Crippen LogP contribution in [-0.2, 0) is 10.0 Å². The summed E-state index contributed by atoms with van der Waals surface area (Å²) in [5.74, 6) is 0. The van der Waals surface area contributed by atoms with Crippen molar-refractivity contribution in [3.05, 3.63) is 61.9 Å². The van der Waals surface area contributed by atoms with Gasteiger partial charge in [0.05, 0.1) is 20.6 Å². The maximum Gasteiger partial charge on any atom is 0.243 e. The predicted octanol–water partition coefficient (Wildman–Crippen LogP) is 5.93. The maximum absolute atomic E-state index is 12.9. The molecule has 0 atom stereocenters. The molecule has 4 rings (SSSR count). The lowest BCUT2D eigenvalue weighted by molar-refractivity contribution is 0.385. The van der Waals surface area contributed by atoms with Crippen LogP contribution in [0, 0.1) is 0 Å². The molecule has 0 amide bonds. The molecule has 30 heavy (non-hydrogen) atoms. The molecule has 2 heterocycles. The van der Waals surface area contributed by atoms with E-state index in [4.69, 9.17) is 46.4 Å². The minimum absolute atomic E-state index is 0.101. The summed E-state index contributed by atoms with van der Waals surface area (Å²) in [7, 11) is -3.67. The van der Waals surface area contributed by atoms with Gasteiger partial charge in [0, 0.05) is 47.2 Å². The zero-order valence-corrected chi connectivity index (χ0v) is 20.0. The highest BCUT2D eigenvalue weighted by molar-refractivity contribution is 7.89. The van der Waals surface area contributed by atoms with Crippen molar-refractivity contribution in [2.45, 2.75) is 4.90 Å². The number of piperazine rings is 1. The van der Waals surface area contributed by atoms with E-state index in [1.165, 1.54) is 33.8 Å². The largest absolute Gasteiger partial charge is 0.345 e. The van der Waals surface area contributed by atoms with Crippen molar-refractivity contribution in [2.75, 3.05) is 31.1 Å². The molecule has 0 unspecified atom stereocenters. The van der Waals surface area contributed by atoms with Crippen LogP contribution in [0.5, 0.6) is 0 Å². The van der Waals surface area contributed by atoms with Crippen molar-refractivity contribution >= 4 is 72.9 Å². The van der Waals surface area contributed by atoms with E-state index in [1.54, 1.807) is 12.1 Å². The van der Waals surface area contributed by atoms with Crippen molar-refractivity contribution < 1.29 is 8.42 Å². The molecule has 0 radical (unpaired) electrons. The molecule has 1 saturated heterocycles. The van der Waals surface area contributed by atoms with E-state index in [0.717, 1.165) is 16.4 Å². The number of hydrogen-bond acceptors (Lipinski definition) is 5. The molecule has 1 fully saturated rings. The molecule has 3 aromatic rings.